The zero-order valence-electron chi connectivity index (χ0n) is 14.0. The maximum absolute atomic E-state index is 12.2. The summed E-state index contributed by atoms with van der Waals surface area (Å²) < 4.78 is 4.96. The van der Waals surface area contributed by atoms with Crippen LogP contribution in [-0.4, -0.2) is 53.3 Å². The summed E-state index contributed by atoms with van der Waals surface area (Å²) in [6.07, 6.45) is 1.37. The number of rotatable bonds is 6. The number of aromatic nitrogens is 1. The number of hydrogen-bond acceptors (Lipinski definition) is 6. The molecule has 3 amide bonds. The van der Waals surface area contributed by atoms with Gasteiger partial charge in [0.15, 0.2) is 0 Å². The van der Waals surface area contributed by atoms with Crippen molar-refractivity contribution in [2.24, 2.45) is 0 Å². The summed E-state index contributed by atoms with van der Waals surface area (Å²) in [6.45, 7) is -0.618. The second kappa shape index (κ2) is 7.96. The summed E-state index contributed by atoms with van der Waals surface area (Å²) >= 11 is 5.77. The van der Waals surface area contributed by atoms with Crippen molar-refractivity contribution in [2.75, 3.05) is 19.7 Å². The Morgan fingerprint density at radius 1 is 1.11 bits per heavy atom. The van der Waals surface area contributed by atoms with Crippen LogP contribution in [0.3, 0.4) is 0 Å². The molecular weight excluding hydrogens is 374 g/mol. The monoisotopic (exact) mass is 387 g/mol. The van der Waals surface area contributed by atoms with E-state index in [0.717, 1.165) is 4.90 Å². The maximum Gasteiger partial charge on any atom is 0.325 e. The number of nitrogens with one attached hydrogen (secondary N) is 1. The highest BCUT2D eigenvalue weighted by Crippen LogP contribution is 2.21. The van der Waals surface area contributed by atoms with Crippen molar-refractivity contribution in [3.05, 3.63) is 64.4 Å². The van der Waals surface area contributed by atoms with Crippen LogP contribution < -0.4 is 5.32 Å². The molecule has 3 rings (SSSR count). The van der Waals surface area contributed by atoms with Gasteiger partial charge in [0, 0.05) is 11.2 Å². The number of imide groups is 1. The van der Waals surface area contributed by atoms with Crippen molar-refractivity contribution >= 4 is 35.3 Å². The molecule has 8 nitrogen and oxygen atoms in total. The van der Waals surface area contributed by atoms with Crippen molar-refractivity contribution in [2.45, 2.75) is 0 Å². The van der Waals surface area contributed by atoms with Gasteiger partial charge in [-0.1, -0.05) is 23.7 Å². The van der Waals surface area contributed by atoms with Crippen molar-refractivity contribution in [3.8, 4) is 0 Å². The normalized spacial score (nSPS) is 12.7. The molecule has 27 heavy (non-hydrogen) atoms. The van der Waals surface area contributed by atoms with Gasteiger partial charge < -0.3 is 10.1 Å². The Morgan fingerprint density at radius 3 is 2.41 bits per heavy atom. The average molecular weight is 388 g/mol. The first kappa shape index (κ1) is 18.5. The van der Waals surface area contributed by atoms with Crippen LogP contribution >= 0.6 is 11.6 Å². The van der Waals surface area contributed by atoms with E-state index in [0.29, 0.717) is 16.1 Å². The Hall–Kier alpha value is -3.26. The topological polar surface area (TPSA) is 106 Å². The Morgan fingerprint density at radius 2 is 1.78 bits per heavy atom. The van der Waals surface area contributed by atoms with Crippen molar-refractivity contribution in [3.63, 3.8) is 0 Å². The first-order valence-corrected chi connectivity index (χ1v) is 8.36. The number of carbonyl (C=O) groups is 4. The third kappa shape index (κ3) is 4.12. The van der Waals surface area contributed by atoms with Gasteiger partial charge in [-0.2, -0.15) is 0 Å². The van der Waals surface area contributed by atoms with E-state index in [4.69, 9.17) is 16.3 Å². The van der Waals surface area contributed by atoms with E-state index in [9.17, 15) is 19.2 Å². The van der Waals surface area contributed by atoms with Crippen molar-refractivity contribution in [1.29, 1.82) is 0 Å². The molecule has 0 atom stereocenters. The van der Waals surface area contributed by atoms with Gasteiger partial charge in [-0.15, -0.1) is 0 Å². The average Bonchev–Trinajstić information content (AvgIpc) is 2.91. The van der Waals surface area contributed by atoms with Crippen LogP contribution in [0.4, 0.5) is 0 Å². The first-order valence-electron chi connectivity index (χ1n) is 7.98. The standard InChI is InChI=1S/C18H14ClN3O5/c19-11-5-6-20-14(9-11)16(24)21-10-15(23)27-8-7-22-17(25)12-3-1-2-4-13(12)18(22)26/h1-6,9H,7-8,10H2,(H,21,24). The fraction of sp³-hybridized carbons (Fsp3) is 0.167. The van der Waals surface area contributed by atoms with Crippen LogP contribution in [0.1, 0.15) is 31.2 Å². The predicted octanol–water partition coefficient (Wildman–Crippen LogP) is 1.30. The minimum Gasteiger partial charge on any atom is -0.462 e. The van der Waals surface area contributed by atoms with E-state index in [1.54, 1.807) is 24.3 Å². The molecule has 0 saturated carbocycles. The van der Waals surface area contributed by atoms with Gasteiger partial charge in [-0.05, 0) is 24.3 Å². The minimum atomic E-state index is -0.706. The molecule has 0 aliphatic carbocycles. The second-order valence-electron chi connectivity index (χ2n) is 5.57. The van der Waals surface area contributed by atoms with Gasteiger partial charge in [0.2, 0.25) is 0 Å². The molecule has 1 N–H and O–H groups in total. The molecule has 1 aliphatic rings. The highest BCUT2D eigenvalue weighted by Gasteiger charge is 2.34. The number of benzene rings is 1. The van der Waals surface area contributed by atoms with E-state index < -0.39 is 23.7 Å². The molecule has 0 fully saturated rings. The summed E-state index contributed by atoms with van der Waals surface area (Å²) in [7, 11) is 0. The van der Waals surface area contributed by atoms with Crippen LogP contribution in [0.15, 0.2) is 42.6 Å². The Labute approximate surface area is 159 Å². The van der Waals surface area contributed by atoms with Crippen LogP contribution in [0.25, 0.3) is 0 Å². The van der Waals surface area contributed by atoms with Gasteiger partial charge in [-0.3, -0.25) is 29.1 Å². The molecule has 0 unspecified atom stereocenters. The molecule has 0 saturated heterocycles. The third-order valence-electron chi connectivity index (χ3n) is 3.80. The molecule has 0 spiro atoms. The summed E-state index contributed by atoms with van der Waals surface area (Å²) in [4.78, 5) is 52.8. The summed E-state index contributed by atoms with van der Waals surface area (Å²) in [5.74, 6) is -2.13. The van der Waals surface area contributed by atoms with Crippen LogP contribution in [0, 0.1) is 0 Å². The lowest BCUT2D eigenvalue weighted by Gasteiger charge is -2.13. The Bertz CT molecular complexity index is 896. The quantitative estimate of drug-likeness (QED) is 0.591. The molecule has 2 heterocycles. The lowest BCUT2D eigenvalue weighted by Crippen LogP contribution is -2.35. The number of halogens is 1. The Balaban J connectivity index is 1.45. The van der Waals surface area contributed by atoms with E-state index in [1.165, 1.54) is 18.3 Å². The van der Waals surface area contributed by atoms with Gasteiger partial charge in [0.05, 0.1) is 17.7 Å². The fourth-order valence-corrected chi connectivity index (χ4v) is 2.68. The molecule has 1 aromatic heterocycles. The maximum atomic E-state index is 12.2. The highest BCUT2D eigenvalue weighted by atomic mass is 35.5. The minimum absolute atomic E-state index is 0.0676. The zero-order chi connectivity index (χ0) is 19.4. The number of amides is 3. The van der Waals surface area contributed by atoms with Gasteiger partial charge in [-0.25, -0.2) is 0 Å². The molecule has 0 radical (unpaired) electrons. The SMILES string of the molecule is O=C(CNC(=O)c1cc(Cl)ccn1)OCCN1C(=O)c2ccccc2C1=O. The van der Waals surface area contributed by atoms with Gasteiger partial charge >= 0.3 is 5.97 Å². The molecule has 1 aromatic carbocycles. The largest absolute Gasteiger partial charge is 0.462 e. The molecule has 1 aliphatic heterocycles. The molecule has 138 valence electrons. The number of esters is 1. The fourth-order valence-electron chi connectivity index (χ4n) is 2.52. The summed E-state index contributed by atoms with van der Waals surface area (Å²) in [6, 6.07) is 9.37. The number of pyridine rings is 1. The number of carbonyl (C=O) groups excluding carboxylic acids is 4. The second-order valence-corrected chi connectivity index (χ2v) is 6.01. The van der Waals surface area contributed by atoms with Crippen LogP contribution in [0.5, 0.6) is 0 Å². The molecule has 9 heteroatoms. The number of hydrogen-bond donors (Lipinski definition) is 1. The van der Waals surface area contributed by atoms with E-state index >= 15 is 0 Å². The first-order chi connectivity index (χ1) is 13.0. The number of fused-ring (bicyclic) bond motifs is 1. The van der Waals surface area contributed by atoms with Crippen LogP contribution in [-0.2, 0) is 9.53 Å². The Kier molecular flexibility index (Phi) is 5.46. The predicted molar refractivity (Wildman–Crippen MR) is 94.3 cm³/mol. The van der Waals surface area contributed by atoms with E-state index in [1.807, 2.05) is 0 Å². The van der Waals surface area contributed by atoms with Crippen LogP contribution in [0.2, 0.25) is 5.02 Å². The van der Waals surface area contributed by atoms with Crippen molar-refractivity contribution in [1.82, 2.24) is 15.2 Å². The smallest absolute Gasteiger partial charge is 0.325 e. The third-order valence-corrected chi connectivity index (χ3v) is 4.04. The van der Waals surface area contributed by atoms with Gasteiger partial charge in [0.1, 0.15) is 18.8 Å². The zero-order valence-corrected chi connectivity index (χ0v) is 14.7. The lowest BCUT2D eigenvalue weighted by atomic mass is 10.1. The van der Waals surface area contributed by atoms with E-state index in [2.05, 4.69) is 10.3 Å². The number of nitrogens with zero attached hydrogens (tertiary/aromatic N) is 2. The highest BCUT2D eigenvalue weighted by molar-refractivity contribution is 6.30. The summed E-state index contributed by atoms with van der Waals surface area (Å²) in [5.41, 5.74) is 0.728. The van der Waals surface area contributed by atoms with Crippen molar-refractivity contribution < 1.29 is 23.9 Å². The number of ether oxygens (including phenoxy) is 1. The van der Waals surface area contributed by atoms with Gasteiger partial charge in [0.25, 0.3) is 17.7 Å². The lowest BCUT2D eigenvalue weighted by molar-refractivity contribution is -0.142. The molecular formula is C18H14ClN3O5. The summed E-state index contributed by atoms with van der Waals surface area (Å²) in [5, 5.41) is 2.70. The van der Waals surface area contributed by atoms with E-state index in [-0.39, 0.29) is 25.4 Å². The molecule has 2 aromatic rings. The molecule has 0 bridgehead atoms.